The average Bonchev–Trinajstić information content (AvgIpc) is 2.02. The summed E-state index contributed by atoms with van der Waals surface area (Å²) in [5.74, 6) is -0.981. The number of carboxylic acids is 1. The Kier molecular flexibility index (Phi) is 11.8. The van der Waals surface area contributed by atoms with Crippen molar-refractivity contribution in [1.82, 2.24) is 0 Å². The van der Waals surface area contributed by atoms with Gasteiger partial charge in [0.25, 0.3) is 0 Å². The molecule has 0 radical (unpaired) electrons. The van der Waals surface area contributed by atoms with Gasteiger partial charge in [-0.15, -0.1) is 9.42 Å². The summed E-state index contributed by atoms with van der Waals surface area (Å²) >= 11 is 0. The third-order valence-corrected chi connectivity index (χ3v) is 0.984. The van der Waals surface area contributed by atoms with Crippen LogP contribution in [0, 0.1) is 0 Å². The molecule has 6 heteroatoms. The molecular weight excluding hydrogens is 183 g/mol. The van der Waals surface area contributed by atoms with Crippen molar-refractivity contribution in [2.75, 3.05) is 6.61 Å². The molecule has 1 unspecified atom stereocenters. The van der Waals surface area contributed by atoms with Crippen LogP contribution in [-0.4, -0.2) is 22.6 Å². The van der Waals surface area contributed by atoms with Crippen LogP contribution < -0.4 is 0 Å². The van der Waals surface area contributed by atoms with Gasteiger partial charge in [-0.1, -0.05) is 13.5 Å². The number of hydrogen-bond acceptors (Lipinski definition) is 3. The van der Waals surface area contributed by atoms with Crippen molar-refractivity contribution in [3.8, 4) is 0 Å². The highest BCUT2D eigenvalue weighted by atomic mass is 31.1. The molecule has 0 aromatic carbocycles. The van der Waals surface area contributed by atoms with Gasteiger partial charge in [-0.2, -0.15) is 0 Å². The molecule has 0 bridgehead atoms. The summed E-state index contributed by atoms with van der Waals surface area (Å²) in [7, 11) is -2.36. The summed E-state index contributed by atoms with van der Waals surface area (Å²) in [5.41, 5.74) is 0. The molecular formula is C6H12O5P+. The molecule has 12 heavy (non-hydrogen) atoms. The van der Waals surface area contributed by atoms with Gasteiger partial charge in [-0.05, 0) is 6.42 Å². The molecule has 0 fully saturated rings. The largest absolute Gasteiger partial charge is 0.694 e. The lowest BCUT2D eigenvalue weighted by atomic mass is 10.5. The summed E-state index contributed by atoms with van der Waals surface area (Å²) in [4.78, 5) is 17.2. The molecule has 0 aliphatic heterocycles. The molecule has 0 aliphatic rings. The fourth-order valence-electron chi connectivity index (χ4n) is 0.169. The Bertz CT molecular complexity index is 156. The van der Waals surface area contributed by atoms with E-state index in [1.807, 2.05) is 6.92 Å². The van der Waals surface area contributed by atoms with E-state index in [-0.39, 0.29) is 0 Å². The maximum absolute atomic E-state index is 9.68. The number of hydrogen-bond donors (Lipinski definition) is 2. The van der Waals surface area contributed by atoms with Crippen molar-refractivity contribution in [3.63, 3.8) is 0 Å². The first-order chi connectivity index (χ1) is 5.54. The van der Waals surface area contributed by atoms with Crippen molar-refractivity contribution in [3.05, 3.63) is 12.7 Å². The van der Waals surface area contributed by atoms with Crippen LogP contribution in [0.2, 0.25) is 0 Å². The third kappa shape index (κ3) is 22.9. The van der Waals surface area contributed by atoms with Crippen LogP contribution in [0.4, 0.5) is 0 Å². The zero-order valence-electron chi connectivity index (χ0n) is 6.77. The van der Waals surface area contributed by atoms with E-state index in [1.54, 1.807) is 0 Å². The van der Waals surface area contributed by atoms with Gasteiger partial charge in [-0.3, -0.25) is 0 Å². The van der Waals surface area contributed by atoms with E-state index in [4.69, 9.17) is 10.00 Å². The van der Waals surface area contributed by atoms with Crippen LogP contribution >= 0.6 is 8.25 Å². The molecule has 0 spiro atoms. The highest BCUT2D eigenvalue weighted by molar-refractivity contribution is 7.32. The monoisotopic (exact) mass is 195 g/mol. The van der Waals surface area contributed by atoms with E-state index < -0.39 is 14.2 Å². The highest BCUT2D eigenvalue weighted by Gasteiger charge is 2.08. The van der Waals surface area contributed by atoms with Crippen molar-refractivity contribution < 1.29 is 23.9 Å². The van der Waals surface area contributed by atoms with E-state index in [0.29, 0.717) is 6.61 Å². The SMILES string of the molecule is C=CC(=O)O.CCCO[P+](=O)O. The van der Waals surface area contributed by atoms with Crippen LogP contribution in [0.3, 0.4) is 0 Å². The summed E-state index contributed by atoms with van der Waals surface area (Å²) in [6.07, 6.45) is 1.61. The molecule has 5 nitrogen and oxygen atoms in total. The molecule has 70 valence electrons. The molecule has 0 rings (SSSR count). The molecule has 0 heterocycles. The van der Waals surface area contributed by atoms with Crippen molar-refractivity contribution in [2.45, 2.75) is 13.3 Å². The Hall–Kier alpha value is -0.770. The topological polar surface area (TPSA) is 83.8 Å². The Labute approximate surface area is 71.6 Å². The molecule has 0 saturated heterocycles. The smallest absolute Gasteiger partial charge is 0.478 e. The lowest BCUT2D eigenvalue weighted by Crippen LogP contribution is -1.82. The Morgan fingerprint density at radius 2 is 2.17 bits per heavy atom. The zero-order chi connectivity index (χ0) is 9.98. The number of carbonyl (C=O) groups is 1. The standard InChI is InChI=1S/C3H7O3P.C3H4O2/c1-2-3-6-7(4)5;1-2-3(4)5/h2-3H2,1H3;2H,1H2,(H,4,5)/p+1. The van der Waals surface area contributed by atoms with Gasteiger partial charge in [0.15, 0.2) is 0 Å². The Morgan fingerprint density at radius 3 is 2.25 bits per heavy atom. The zero-order valence-corrected chi connectivity index (χ0v) is 7.66. The summed E-state index contributed by atoms with van der Waals surface area (Å²) in [6, 6.07) is 0. The molecule has 0 amide bonds. The van der Waals surface area contributed by atoms with Gasteiger partial charge in [0, 0.05) is 10.6 Å². The van der Waals surface area contributed by atoms with E-state index in [1.165, 1.54) is 0 Å². The van der Waals surface area contributed by atoms with E-state index in [0.717, 1.165) is 12.5 Å². The van der Waals surface area contributed by atoms with Gasteiger partial charge in [0.2, 0.25) is 0 Å². The Balaban J connectivity index is 0. The second kappa shape index (κ2) is 10.2. The predicted octanol–water partition coefficient (Wildman–Crippen LogP) is 1.32. The summed E-state index contributed by atoms with van der Waals surface area (Å²) < 4.78 is 13.9. The van der Waals surface area contributed by atoms with Crippen molar-refractivity contribution in [2.24, 2.45) is 0 Å². The number of carboxylic acid groups (broad SMARTS) is 1. The van der Waals surface area contributed by atoms with Crippen LogP contribution in [0.25, 0.3) is 0 Å². The minimum Gasteiger partial charge on any atom is -0.478 e. The molecule has 0 aromatic heterocycles. The van der Waals surface area contributed by atoms with Gasteiger partial charge in [0.05, 0.1) is 0 Å². The second-order valence-electron chi connectivity index (χ2n) is 1.61. The quantitative estimate of drug-likeness (QED) is 0.522. The van der Waals surface area contributed by atoms with Crippen LogP contribution in [-0.2, 0) is 13.9 Å². The first-order valence-corrected chi connectivity index (χ1v) is 4.32. The summed E-state index contributed by atoms with van der Waals surface area (Å²) in [6.45, 7) is 5.20. The molecule has 0 aromatic rings. The van der Waals surface area contributed by atoms with Crippen LogP contribution in [0.1, 0.15) is 13.3 Å². The van der Waals surface area contributed by atoms with Crippen LogP contribution in [0.15, 0.2) is 12.7 Å². The maximum atomic E-state index is 9.68. The Morgan fingerprint density at radius 1 is 1.75 bits per heavy atom. The normalized spacial score (nSPS) is 9.33. The van der Waals surface area contributed by atoms with E-state index >= 15 is 0 Å². The minimum atomic E-state index is -2.36. The molecule has 0 aliphatic carbocycles. The van der Waals surface area contributed by atoms with Crippen LogP contribution in [0.5, 0.6) is 0 Å². The highest BCUT2D eigenvalue weighted by Crippen LogP contribution is 2.13. The summed E-state index contributed by atoms with van der Waals surface area (Å²) in [5, 5.41) is 7.60. The second-order valence-corrected chi connectivity index (χ2v) is 2.35. The van der Waals surface area contributed by atoms with E-state index in [9.17, 15) is 9.36 Å². The van der Waals surface area contributed by atoms with E-state index in [2.05, 4.69) is 11.1 Å². The lowest BCUT2D eigenvalue weighted by Gasteiger charge is -1.76. The molecule has 2 N–H and O–H groups in total. The average molecular weight is 195 g/mol. The minimum absolute atomic E-state index is 0.367. The maximum Gasteiger partial charge on any atom is 0.694 e. The molecule has 0 saturated carbocycles. The lowest BCUT2D eigenvalue weighted by molar-refractivity contribution is -0.131. The molecule has 1 atom stereocenters. The fourth-order valence-corrected chi connectivity index (χ4v) is 0.508. The van der Waals surface area contributed by atoms with Gasteiger partial charge in [0.1, 0.15) is 6.61 Å². The number of rotatable bonds is 4. The van der Waals surface area contributed by atoms with Crippen molar-refractivity contribution in [1.29, 1.82) is 0 Å². The van der Waals surface area contributed by atoms with Crippen molar-refractivity contribution >= 4 is 14.2 Å². The number of aliphatic carboxylic acids is 1. The first kappa shape index (κ1) is 13.8. The first-order valence-electron chi connectivity index (χ1n) is 3.19. The third-order valence-electron chi connectivity index (χ3n) is 0.580. The van der Waals surface area contributed by atoms with Gasteiger partial charge >= 0.3 is 14.2 Å². The predicted molar refractivity (Wildman–Crippen MR) is 43.9 cm³/mol. The van der Waals surface area contributed by atoms with Gasteiger partial charge < -0.3 is 5.11 Å². The van der Waals surface area contributed by atoms with Gasteiger partial charge in [-0.25, -0.2) is 4.79 Å². The fraction of sp³-hybridized carbons (Fsp3) is 0.500.